The van der Waals surface area contributed by atoms with Crippen LogP contribution in [0.15, 0.2) is 28.9 Å². The predicted octanol–water partition coefficient (Wildman–Crippen LogP) is 2.92. The number of cyclic esters (lactones) is 1. The summed E-state index contributed by atoms with van der Waals surface area (Å²) in [6.07, 6.45) is 0.141. The number of oxazole rings is 1. The molecule has 0 saturated carbocycles. The van der Waals surface area contributed by atoms with Gasteiger partial charge in [0.25, 0.3) is 0 Å². The summed E-state index contributed by atoms with van der Waals surface area (Å²) in [5.41, 5.74) is 0.346. The first kappa shape index (κ1) is 19.7. The molecule has 0 bridgehead atoms. The number of amides is 1. The molecule has 1 unspecified atom stereocenters. The van der Waals surface area contributed by atoms with Gasteiger partial charge >= 0.3 is 12.1 Å². The number of ether oxygens (including phenoxy) is 2. The molecule has 8 nitrogen and oxygen atoms in total. The number of anilines is 1. The van der Waals surface area contributed by atoms with Crippen LogP contribution < -0.4 is 10.2 Å². The van der Waals surface area contributed by atoms with E-state index in [2.05, 4.69) is 10.3 Å². The first-order valence-electron chi connectivity index (χ1n) is 8.54. The highest BCUT2D eigenvalue weighted by Crippen LogP contribution is 2.28. The molecule has 28 heavy (non-hydrogen) atoms. The Morgan fingerprint density at radius 1 is 1.50 bits per heavy atom. The van der Waals surface area contributed by atoms with E-state index in [1.165, 1.54) is 17.0 Å². The Morgan fingerprint density at radius 2 is 2.29 bits per heavy atom. The lowest BCUT2D eigenvalue weighted by Gasteiger charge is -2.14. The minimum absolute atomic E-state index is 0.0485. The van der Waals surface area contributed by atoms with E-state index in [0.717, 1.165) is 6.26 Å². The molecule has 1 amide bonds. The van der Waals surface area contributed by atoms with Gasteiger partial charge in [-0.1, -0.05) is 12.2 Å². The largest absolute Gasteiger partial charge is 0.461 e. The minimum Gasteiger partial charge on any atom is -0.461 e. The third kappa shape index (κ3) is 4.28. The lowest BCUT2D eigenvalue weighted by atomic mass is 10.1. The number of thiocarbonyl (C=S) groups is 1. The van der Waals surface area contributed by atoms with Crippen LogP contribution in [0.5, 0.6) is 0 Å². The number of rotatable bonds is 6. The molecule has 148 valence electrons. The van der Waals surface area contributed by atoms with Crippen LogP contribution in [0.25, 0.3) is 11.5 Å². The van der Waals surface area contributed by atoms with Gasteiger partial charge in [0, 0.05) is 0 Å². The standard InChI is InChI=1S/C18H18FN3O5S/c1-3-25-17(23)15-9-26-16(21-15)13-5-4-11(6-14(13)19)22-8-12(27-18(22)24)7-20-10(2)28/h4-6,9,12H,3,7-8H2,1-2H3,(H,20,28). The zero-order chi connectivity index (χ0) is 20.3. The molecule has 0 radical (unpaired) electrons. The summed E-state index contributed by atoms with van der Waals surface area (Å²) in [4.78, 5) is 29.6. The van der Waals surface area contributed by atoms with Crippen molar-refractivity contribution >= 4 is 35.0 Å². The highest BCUT2D eigenvalue weighted by molar-refractivity contribution is 7.80. The Balaban J connectivity index is 1.75. The van der Waals surface area contributed by atoms with Crippen molar-refractivity contribution in [3.05, 3.63) is 36.0 Å². The monoisotopic (exact) mass is 407 g/mol. The summed E-state index contributed by atoms with van der Waals surface area (Å²) in [7, 11) is 0. The van der Waals surface area contributed by atoms with Crippen LogP contribution in [0.1, 0.15) is 24.3 Å². The number of benzene rings is 1. The van der Waals surface area contributed by atoms with Gasteiger partial charge in [0.05, 0.1) is 35.9 Å². The highest BCUT2D eigenvalue weighted by Gasteiger charge is 2.32. The Hall–Kier alpha value is -3.01. The van der Waals surface area contributed by atoms with E-state index in [0.29, 0.717) is 17.2 Å². The van der Waals surface area contributed by atoms with Gasteiger partial charge in [-0.3, -0.25) is 4.90 Å². The number of carbonyl (C=O) groups excluding carboxylic acids is 2. The molecule has 1 aromatic heterocycles. The van der Waals surface area contributed by atoms with E-state index in [9.17, 15) is 14.0 Å². The summed E-state index contributed by atoms with van der Waals surface area (Å²) in [6, 6.07) is 4.16. The number of hydrogen-bond donors (Lipinski definition) is 1. The van der Waals surface area contributed by atoms with Crippen molar-refractivity contribution in [2.75, 3.05) is 24.6 Å². The van der Waals surface area contributed by atoms with Crippen molar-refractivity contribution in [3.63, 3.8) is 0 Å². The van der Waals surface area contributed by atoms with Gasteiger partial charge in [-0.15, -0.1) is 0 Å². The molecule has 3 rings (SSSR count). The van der Waals surface area contributed by atoms with Crippen LogP contribution in [-0.2, 0) is 9.47 Å². The maximum absolute atomic E-state index is 14.6. The molecule has 1 N–H and O–H groups in total. The van der Waals surface area contributed by atoms with Gasteiger partial charge in [-0.25, -0.2) is 19.0 Å². The summed E-state index contributed by atoms with van der Waals surface area (Å²) in [5, 5.41) is 2.94. The molecule has 1 aliphatic heterocycles. The minimum atomic E-state index is -0.654. The lowest BCUT2D eigenvalue weighted by molar-refractivity contribution is 0.0519. The topological polar surface area (TPSA) is 93.9 Å². The van der Waals surface area contributed by atoms with Crippen molar-refractivity contribution in [2.24, 2.45) is 0 Å². The molecule has 1 saturated heterocycles. The van der Waals surface area contributed by atoms with Crippen molar-refractivity contribution in [1.82, 2.24) is 10.3 Å². The van der Waals surface area contributed by atoms with Crippen LogP contribution in [-0.4, -0.2) is 47.8 Å². The molecule has 0 aliphatic carbocycles. The number of nitrogens with zero attached hydrogens (tertiary/aromatic N) is 2. The summed E-state index contributed by atoms with van der Waals surface area (Å²) in [5.74, 6) is -1.37. The van der Waals surface area contributed by atoms with Crippen molar-refractivity contribution < 1.29 is 27.9 Å². The number of aromatic nitrogens is 1. The SMILES string of the molecule is CCOC(=O)c1coc(-c2ccc(N3CC(CNC(C)=S)OC3=O)cc2F)n1. The number of esters is 1. The van der Waals surface area contributed by atoms with Crippen molar-refractivity contribution in [3.8, 4) is 11.5 Å². The summed E-state index contributed by atoms with van der Waals surface area (Å²) in [6.45, 7) is 4.23. The number of halogens is 1. The smallest absolute Gasteiger partial charge is 0.414 e. The molecule has 0 spiro atoms. The maximum atomic E-state index is 14.6. The van der Waals surface area contributed by atoms with Crippen LogP contribution in [0.2, 0.25) is 0 Å². The third-order valence-electron chi connectivity index (χ3n) is 3.94. The molecule has 1 aliphatic rings. The molecule has 10 heteroatoms. The molecular weight excluding hydrogens is 389 g/mol. The maximum Gasteiger partial charge on any atom is 0.414 e. The second-order valence-corrected chi connectivity index (χ2v) is 6.59. The molecule has 1 atom stereocenters. The van der Waals surface area contributed by atoms with E-state index in [1.807, 2.05) is 0 Å². The molecule has 2 heterocycles. The fourth-order valence-corrected chi connectivity index (χ4v) is 2.72. The molecule has 1 fully saturated rings. The highest BCUT2D eigenvalue weighted by atomic mass is 32.1. The number of carbonyl (C=O) groups is 2. The third-order valence-corrected chi connectivity index (χ3v) is 4.08. The zero-order valence-electron chi connectivity index (χ0n) is 15.2. The summed E-state index contributed by atoms with van der Waals surface area (Å²) < 4.78 is 29.9. The predicted molar refractivity (Wildman–Crippen MR) is 102 cm³/mol. The average molecular weight is 407 g/mol. The van der Waals surface area contributed by atoms with Gasteiger partial charge in [-0.05, 0) is 32.0 Å². The van der Waals surface area contributed by atoms with E-state index in [4.69, 9.17) is 26.1 Å². The molecule has 1 aromatic carbocycles. The molecule has 2 aromatic rings. The lowest BCUT2D eigenvalue weighted by Crippen LogP contribution is -2.32. The Labute approximate surface area is 165 Å². The normalized spacial score (nSPS) is 16.0. The van der Waals surface area contributed by atoms with Gasteiger partial charge in [0.15, 0.2) is 5.69 Å². The number of hydrogen-bond acceptors (Lipinski definition) is 7. The van der Waals surface area contributed by atoms with E-state index in [1.54, 1.807) is 19.9 Å². The fourth-order valence-electron chi connectivity index (χ4n) is 2.64. The van der Waals surface area contributed by atoms with Crippen LogP contribution >= 0.6 is 12.2 Å². The Kier molecular flexibility index (Phi) is 5.88. The first-order valence-corrected chi connectivity index (χ1v) is 8.95. The van der Waals surface area contributed by atoms with E-state index >= 15 is 0 Å². The van der Waals surface area contributed by atoms with Crippen LogP contribution in [0, 0.1) is 5.82 Å². The quantitative estimate of drug-likeness (QED) is 0.577. The fraction of sp³-hybridized carbons (Fsp3) is 0.333. The first-order chi connectivity index (χ1) is 13.4. The number of nitrogens with one attached hydrogen (secondary N) is 1. The summed E-state index contributed by atoms with van der Waals surface area (Å²) >= 11 is 4.93. The van der Waals surface area contributed by atoms with E-state index in [-0.39, 0.29) is 30.3 Å². The van der Waals surface area contributed by atoms with Crippen LogP contribution in [0.3, 0.4) is 0 Å². The van der Waals surface area contributed by atoms with Gasteiger partial charge in [0.2, 0.25) is 5.89 Å². The van der Waals surface area contributed by atoms with Crippen LogP contribution in [0.4, 0.5) is 14.9 Å². The second kappa shape index (κ2) is 8.34. The van der Waals surface area contributed by atoms with Gasteiger partial charge < -0.3 is 19.2 Å². The molecular formula is C18H18FN3O5S. The Morgan fingerprint density at radius 3 is 2.96 bits per heavy atom. The Bertz CT molecular complexity index is 916. The second-order valence-electron chi connectivity index (χ2n) is 5.98. The van der Waals surface area contributed by atoms with Crippen molar-refractivity contribution in [2.45, 2.75) is 20.0 Å². The zero-order valence-corrected chi connectivity index (χ0v) is 16.0. The van der Waals surface area contributed by atoms with Gasteiger partial charge in [0.1, 0.15) is 18.2 Å². The average Bonchev–Trinajstić information content (AvgIpc) is 3.27. The van der Waals surface area contributed by atoms with Gasteiger partial charge in [-0.2, -0.15) is 0 Å². The van der Waals surface area contributed by atoms with Crippen molar-refractivity contribution in [1.29, 1.82) is 0 Å². The van der Waals surface area contributed by atoms with E-state index < -0.39 is 24.0 Å².